The Kier molecular flexibility index (Phi) is 2.67. The van der Waals surface area contributed by atoms with Gasteiger partial charge in [-0.05, 0) is 25.5 Å². The number of hydrogen-bond donors (Lipinski definition) is 1. The van der Waals surface area contributed by atoms with Gasteiger partial charge in [0.15, 0.2) is 0 Å². The third kappa shape index (κ3) is 1.93. The summed E-state index contributed by atoms with van der Waals surface area (Å²) in [6.45, 7) is 6.98. The van der Waals surface area contributed by atoms with Crippen LogP contribution in [0.5, 0.6) is 0 Å². The van der Waals surface area contributed by atoms with Crippen LogP contribution in [0, 0.1) is 13.8 Å². The van der Waals surface area contributed by atoms with E-state index in [0.29, 0.717) is 6.04 Å². The average Bonchev–Trinajstić information content (AvgIpc) is 2.49. The highest BCUT2D eigenvalue weighted by atomic mass is 32.1. The normalized spacial score (nSPS) is 23.4. The molecule has 1 aliphatic heterocycles. The predicted molar refractivity (Wildman–Crippen MR) is 55.4 cm³/mol. The van der Waals surface area contributed by atoms with Crippen molar-refractivity contribution >= 4 is 11.3 Å². The Morgan fingerprint density at radius 3 is 2.92 bits per heavy atom. The molecule has 2 nitrogen and oxygen atoms in total. The molecule has 0 unspecified atom stereocenters. The Labute approximate surface area is 82.9 Å². The van der Waals surface area contributed by atoms with Gasteiger partial charge in [-0.3, -0.25) is 0 Å². The predicted octanol–water partition coefficient (Wildman–Crippen LogP) is 2.03. The van der Waals surface area contributed by atoms with E-state index in [-0.39, 0.29) is 0 Å². The molecule has 2 heterocycles. The molecule has 13 heavy (non-hydrogen) atoms. The average molecular weight is 197 g/mol. The first kappa shape index (κ1) is 9.19. The molecule has 1 fully saturated rings. The van der Waals surface area contributed by atoms with Crippen molar-refractivity contribution in [1.29, 1.82) is 0 Å². The van der Waals surface area contributed by atoms with Gasteiger partial charge in [0.05, 0.1) is 19.3 Å². The molecule has 1 atom stereocenters. The van der Waals surface area contributed by atoms with Crippen LogP contribution in [0.3, 0.4) is 0 Å². The van der Waals surface area contributed by atoms with Gasteiger partial charge < -0.3 is 10.1 Å². The summed E-state index contributed by atoms with van der Waals surface area (Å²) >= 11 is 1.88. The van der Waals surface area contributed by atoms with E-state index in [1.165, 1.54) is 15.3 Å². The number of hydrogen-bond acceptors (Lipinski definition) is 3. The van der Waals surface area contributed by atoms with Gasteiger partial charge in [0.1, 0.15) is 0 Å². The molecular formula is C10H15NOS. The lowest BCUT2D eigenvalue weighted by atomic mass is 10.2. The van der Waals surface area contributed by atoms with Crippen molar-refractivity contribution in [3.63, 3.8) is 0 Å². The lowest BCUT2D eigenvalue weighted by Crippen LogP contribution is -2.33. The van der Waals surface area contributed by atoms with Crippen molar-refractivity contribution in [2.45, 2.75) is 19.9 Å². The number of nitrogens with one attached hydrogen (secondary N) is 1. The fraction of sp³-hybridized carbons (Fsp3) is 0.600. The van der Waals surface area contributed by atoms with Gasteiger partial charge in [-0.15, -0.1) is 11.3 Å². The Morgan fingerprint density at radius 2 is 2.38 bits per heavy atom. The Morgan fingerprint density at radius 1 is 1.54 bits per heavy atom. The second kappa shape index (κ2) is 3.78. The molecule has 0 radical (unpaired) electrons. The van der Waals surface area contributed by atoms with Gasteiger partial charge in [0.2, 0.25) is 0 Å². The van der Waals surface area contributed by atoms with Gasteiger partial charge in [-0.2, -0.15) is 0 Å². The van der Waals surface area contributed by atoms with Crippen LogP contribution < -0.4 is 5.32 Å². The molecule has 72 valence electrons. The van der Waals surface area contributed by atoms with E-state index in [1.807, 2.05) is 11.3 Å². The fourth-order valence-electron chi connectivity index (χ4n) is 1.52. The Bertz CT molecular complexity index is 270. The summed E-state index contributed by atoms with van der Waals surface area (Å²) in [5, 5.41) is 3.46. The molecule has 1 aromatic rings. The van der Waals surface area contributed by atoms with Gasteiger partial charge in [-0.25, -0.2) is 0 Å². The first-order valence-corrected chi connectivity index (χ1v) is 5.47. The molecule has 0 aromatic carbocycles. The minimum Gasteiger partial charge on any atom is -0.378 e. The van der Waals surface area contributed by atoms with E-state index in [1.54, 1.807) is 0 Å². The summed E-state index contributed by atoms with van der Waals surface area (Å²) in [6, 6.07) is 2.69. The molecule has 1 aliphatic rings. The third-order valence-electron chi connectivity index (χ3n) is 2.45. The number of morpholine rings is 1. The van der Waals surface area contributed by atoms with Crippen LogP contribution in [-0.4, -0.2) is 19.8 Å². The van der Waals surface area contributed by atoms with E-state index in [9.17, 15) is 0 Å². The van der Waals surface area contributed by atoms with E-state index in [0.717, 1.165) is 19.8 Å². The molecule has 1 N–H and O–H groups in total. The molecule has 3 heteroatoms. The van der Waals surface area contributed by atoms with Crippen molar-refractivity contribution in [2.75, 3.05) is 19.8 Å². The number of ether oxygens (including phenoxy) is 1. The van der Waals surface area contributed by atoms with E-state index >= 15 is 0 Å². The monoisotopic (exact) mass is 197 g/mol. The van der Waals surface area contributed by atoms with Crippen LogP contribution in [0.25, 0.3) is 0 Å². The van der Waals surface area contributed by atoms with Crippen LogP contribution >= 0.6 is 11.3 Å². The van der Waals surface area contributed by atoms with Gasteiger partial charge in [0.25, 0.3) is 0 Å². The highest BCUT2D eigenvalue weighted by molar-refractivity contribution is 7.12. The summed E-state index contributed by atoms with van der Waals surface area (Å²) < 4.78 is 5.43. The molecule has 1 saturated heterocycles. The van der Waals surface area contributed by atoms with Crippen molar-refractivity contribution < 1.29 is 4.74 Å². The largest absolute Gasteiger partial charge is 0.378 e. The third-order valence-corrected chi connectivity index (χ3v) is 3.72. The summed E-state index contributed by atoms with van der Waals surface area (Å²) in [5.41, 5.74) is 1.40. The van der Waals surface area contributed by atoms with E-state index < -0.39 is 0 Å². The maximum atomic E-state index is 5.43. The maximum absolute atomic E-state index is 5.43. The van der Waals surface area contributed by atoms with Crippen LogP contribution in [0.4, 0.5) is 0 Å². The Hall–Kier alpha value is -0.380. The first-order chi connectivity index (χ1) is 6.27. The molecule has 0 bridgehead atoms. The molecule has 0 saturated carbocycles. The number of thiophene rings is 1. The second-order valence-corrected chi connectivity index (χ2v) is 4.76. The molecule has 0 aliphatic carbocycles. The van der Waals surface area contributed by atoms with Crippen LogP contribution in [-0.2, 0) is 4.74 Å². The summed E-state index contributed by atoms with van der Waals surface area (Å²) in [5.74, 6) is 0. The zero-order valence-electron chi connectivity index (χ0n) is 8.09. The zero-order chi connectivity index (χ0) is 9.26. The highest BCUT2D eigenvalue weighted by Crippen LogP contribution is 2.27. The quantitative estimate of drug-likeness (QED) is 0.743. The van der Waals surface area contributed by atoms with Gasteiger partial charge >= 0.3 is 0 Å². The molecule has 1 aromatic heterocycles. The van der Waals surface area contributed by atoms with Crippen LogP contribution in [0.1, 0.15) is 21.4 Å². The number of aryl methyl sites for hydroxylation is 2. The number of rotatable bonds is 1. The summed E-state index contributed by atoms with van der Waals surface area (Å²) in [7, 11) is 0. The second-order valence-electron chi connectivity index (χ2n) is 3.47. The minimum absolute atomic E-state index is 0.422. The van der Waals surface area contributed by atoms with Gasteiger partial charge in [0, 0.05) is 16.3 Å². The minimum atomic E-state index is 0.422. The van der Waals surface area contributed by atoms with Crippen molar-refractivity contribution in [3.05, 3.63) is 21.4 Å². The summed E-state index contributed by atoms with van der Waals surface area (Å²) in [4.78, 5) is 2.83. The smallest absolute Gasteiger partial charge is 0.0670 e. The van der Waals surface area contributed by atoms with Crippen molar-refractivity contribution in [1.82, 2.24) is 5.32 Å². The van der Waals surface area contributed by atoms with Crippen LogP contribution in [0.2, 0.25) is 0 Å². The highest BCUT2D eigenvalue weighted by Gasteiger charge is 2.17. The first-order valence-electron chi connectivity index (χ1n) is 4.65. The topological polar surface area (TPSA) is 21.3 Å². The Balaban J connectivity index is 2.14. The van der Waals surface area contributed by atoms with E-state index in [4.69, 9.17) is 4.74 Å². The fourth-order valence-corrected chi connectivity index (χ4v) is 2.62. The maximum Gasteiger partial charge on any atom is 0.0670 e. The van der Waals surface area contributed by atoms with Crippen molar-refractivity contribution in [3.8, 4) is 0 Å². The van der Waals surface area contributed by atoms with Gasteiger partial charge in [-0.1, -0.05) is 0 Å². The standard InChI is InChI=1S/C10H15NOS/c1-7-5-10(13-8(7)2)9-6-12-4-3-11-9/h5,9,11H,3-4,6H2,1-2H3/t9-/m0/s1. The van der Waals surface area contributed by atoms with Crippen molar-refractivity contribution in [2.24, 2.45) is 0 Å². The lowest BCUT2D eigenvalue weighted by Gasteiger charge is -2.22. The lowest BCUT2D eigenvalue weighted by molar-refractivity contribution is 0.0779. The molecule has 0 amide bonds. The van der Waals surface area contributed by atoms with Crippen LogP contribution in [0.15, 0.2) is 6.07 Å². The molecular weight excluding hydrogens is 182 g/mol. The molecule has 2 rings (SSSR count). The summed E-state index contributed by atoms with van der Waals surface area (Å²) in [6.07, 6.45) is 0. The molecule has 0 spiro atoms. The van der Waals surface area contributed by atoms with E-state index in [2.05, 4.69) is 25.2 Å². The zero-order valence-corrected chi connectivity index (χ0v) is 8.91. The SMILES string of the molecule is Cc1cc([C@@H]2COCCN2)sc1C.